The van der Waals surface area contributed by atoms with E-state index in [1.807, 2.05) is 0 Å². The van der Waals surface area contributed by atoms with E-state index in [2.05, 4.69) is 30.6 Å². The summed E-state index contributed by atoms with van der Waals surface area (Å²) in [6.45, 7) is 13.0. The van der Waals surface area contributed by atoms with Crippen molar-refractivity contribution in [1.29, 1.82) is 0 Å². The molecule has 19 heavy (non-hydrogen) atoms. The minimum Gasteiger partial charge on any atom is -0.325 e. The fourth-order valence-electron chi connectivity index (χ4n) is 3.53. The van der Waals surface area contributed by atoms with Gasteiger partial charge in [0.15, 0.2) is 0 Å². The summed E-state index contributed by atoms with van der Waals surface area (Å²) in [5, 5.41) is 0. The van der Waals surface area contributed by atoms with E-state index >= 15 is 0 Å². The van der Waals surface area contributed by atoms with Gasteiger partial charge in [-0.2, -0.15) is 0 Å². The van der Waals surface area contributed by atoms with Gasteiger partial charge in [-0.3, -0.25) is 4.90 Å². The highest BCUT2D eigenvalue weighted by atomic mass is 15.3. The van der Waals surface area contributed by atoms with Crippen molar-refractivity contribution >= 4 is 0 Å². The highest BCUT2D eigenvalue weighted by Gasteiger charge is 2.29. The summed E-state index contributed by atoms with van der Waals surface area (Å²) in [5.74, 6) is 0. The summed E-state index contributed by atoms with van der Waals surface area (Å²) in [5.41, 5.74) is 7.01. The lowest BCUT2D eigenvalue weighted by Crippen LogP contribution is -2.54. The maximum absolute atomic E-state index is 6.54. The number of rotatable bonds is 3. The molecule has 1 aliphatic carbocycles. The van der Waals surface area contributed by atoms with Gasteiger partial charge in [-0.05, 0) is 46.6 Å². The molecule has 2 rings (SSSR count). The van der Waals surface area contributed by atoms with Crippen molar-refractivity contribution in [2.24, 2.45) is 5.73 Å². The topological polar surface area (TPSA) is 32.5 Å². The molecule has 0 amide bonds. The van der Waals surface area contributed by atoms with Gasteiger partial charge < -0.3 is 10.6 Å². The highest BCUT2D eigenvalue weighted by Crippen LogP contribution is 2.29. The SMILES string of the molecule is CC(C)(C)N1CCN(CCC2(N)CCCCC2)CC1. The minimum absolute atomic E-state index is 0.152. The molecule has 0 atom stereocenters. The average Bonchev–Trinajstić information content (AvgIpc) is 2.37. The Morgan fingerprint density at radius 1 is 0.947 bits per heavy atom. The fraction of sp³-hybridized carbons (Fsp3) is 1.00. The Morgan fingerprint density at radius 2 is 1.53 bits per heavy atom. The molecule has 0 unspecified atom stereocenters. The quantitative estimate of drug-likeness (QED) is 0.852. The molecule has 0 aromatic carbocycles. The van der Waals surface area contributed by atoms with Crippen LogP contribution in [0.25, 0.3) is 0 Å². The van der Waals surface area contributed by atoms with Crippen LogP contribution in [0.3, 0.4) is 0 Å². The van der Waals surface area contributed by atoms with E-state index < -0.39 is 0 Å². The van der Waals surface area contributed by atoms with E-state index in [4.69, 9.17) is 5.73 Å². The molecule has 2 N–H and O–H groups in total. The van der Waals surface area contributed by atoms with Crippen LogP contribution < -0.4 is 5.73 Å². The zero-order valence-electron chi connectivity index (χ0n) is 13.2. The maximum atomic E-state index is 6.54. The van der Waals surface area contributed by atoms with E-state index in [1.54, 1.807) is 0 Å². The van der Waals surface area contributed by atoms with Crippen LogP contribution in [0, 0.1) is 0 Å². The van der Waals surface area contributed by atoms with Crippen LogP contribution in [-0.2, 0) is 0 Å². The Bertz CT molecular complexity index is 268. The van der Waals surface area contributed by atoms with E-state index in [1.165, 1.54) is 71.2 Å². The first-order valence-corrected chi connectivity index (χ1v) is 8.15. The molecule has 3 nitrogen and oxygen atoms in total. The van der Waals surface area contributed by atoms with E-state index in [-0.39, 0.29) is 5.54 Å². The Labute approximate surface area is 119 Å². The van der Waals surface area contributed by atoms with Crippen molar-refractivity contribution in [2.45, 2.75) is 70.4 Å². The standard InChI is InChI=1S/C16H33N3/c1-15(2,3)19-13-11-18(12-14-19)10-9-16(17)7-5-4-6-8-16/h4-14,17H2,1-3H3. The predicted molar refractivity (Wildman–Crippen MR) is 82.4 cm³/mol. The van der Waals surface area contributed by atoms with Gasteiger partial charge in [0.25, 0.3) is 0 Å². The number of hydrogen-bond donors (Lipinski definition) is 1. The number of nitrogens with zero attached hydrogens (tertiary/aromatic N) is 2. The van der Waals surface area contributed by atoms with E-state index in [9.17, 15) is 0 Å². The fourth-order valence-corrected chi connectivity index (χ4v) is 3.53. The van der Waals surface area contributed by atoms with Gasteiger partial charge >= 0.3 is 0 Å². The highest BCUT2D eigenvalue weighted by molar-refractivity contribution is 4.89. The molecule has 0 spiro atoms. The molecule has 0 aromatic rings. The van der Waals surface area contributed by atoms with Crippen LogP contribution in [0.5, 0.6) is 0 Å². The van der Waals surface area contributed by atoms with Crippen molar-refractivity contribution in [2.75, 3.05) is 32.7 Å². The van der Waals surface area contributed by atoms with Crippen LogP contribution in [0.1, 0.15) is 59.3 Å². The Kier molecular flexibility index (Phi) is 4.91. The normalized spacial score (nSPS) is 26.5. The Hall–Kier alpha value is -0.120. The predicted octanol–water partition coefficient (Wildman–Crippen LogP) is 2.45. The Balaban J connectivity index is 1.71. The molecule has 0 radical (unpaired) electrons. The van der Waals surface area contributed by atoms with Crippen LogP contribution in [0.15, 0.2) is 0 Å². The van der Waals surface area contributed by atoms with Crippen LogP contribution >= 0.6 is 0 Å². The van der Waals surface area contributed by atoms with Crippen molar-refractivity contribution in [3.63, 3.8) is 0 Å². The summed E-state index contributed by atoms with van der Waals surface area (Å²) < 4.78 is 0. The smallest absolute Gasteiger partial charge is 0.0166 e. The van der Waals surface area contributed by atoms with Crippen molar-refractivity contribution < 1.29 is 0 Å². The largest absolute Gasteiger partial charge is 0.325 e. The minimum atomic E-state index is 0.152. The maximum Gasteiger partial charge on any atom is 0.0166 e. The van der Waals surface area contributed by atoms with Gasteiger partial charge in [0.05, 0.1) is 0 Å². The molecule has 2 fully saturated rings. The summed E-state index contributed by atoms with van der Waals surface area (Å²) in [4.78, 5) is 5.22. The third kappa shape index (κ3) is 4.44. The Morgan fingerprint density at radius 3 is 2.05 bits per heavy atom. The summed E-state index contributed by atoms with van der Waals surface area (Å²) in [6, 6.07) is 0. The first-order valence-electron chi connectivity index (χ1n) is 8.15. The molecule has 1 saturated carbocycles. The van der Waals surface area contributed by atoms with Gasteiger partial charge in [0.2, 0.25) is 0 Å². The molecule has 1 aliphatic heterocycles. The second-order valence-electron chi connectivity index (χ2n) is 7.67. The molecular formula is C16H33N3. The van der Waals surface area contributed by atoms with Gasteiger partial charge in [0.1, 0.15) is 0 Å². The van der Waals surface area contributed by atoms with E-state index in [0.29, 0.717) is 5.54 Å². The summed E-state index contributed by atoms with van der Waals surface area (Å²) in [7, 11) is 0. The van der Waals surface area contributed by atoms with Crippen molar-refractivity contribution in [1.82, 2.24) is 9.80 Å². The zero-order chi connectivity index (χ0) is 13.9. The summed E-state index contributed by atoms with van der Waals surface area (Å²) in [6.07, 6.45) is 7.76. The van der Waals surface area contributed by atoms with Gasteiger partial charge in [-0.1, -0.05) is 19.3 Å². The van der Waals surface area contributed by atoms with Crippen LogP contribution in [0.4, 0.5) is 0 Å². The lowest BCUT2D eigenvalue weighted by atomic mass is 9.80. The van der Waals surface area contributed by atoms with Gasteiger partial charge in [0, 0.05) is 37.3 Å². The molecular weight excluding hydrogens is 234 g/mol. The third-order valence-corrected chi connectivity index (χ3v) is 5.10. The molecule has 1 heterocycles. The summed E-state index contributed by atoms with van der Waals surface area (Å²) >= 11 is 0. The molecule has 1 saturated heterocycles. The first-order chi connectivity index (χ1) is 8.89. The molecule has 112 valence electrons. The second-order valence-corrected chi connectivity index (χ2v) is 7.67. The number of piperazine rings is 1. The number of nitrogens with two attached hydrogens (primary N) is 1. The number of hydrogen-bond acceptors (Lipinski definition) is 3. The van der Waals surface area contributed by atoms with Crippen molar-refractivity contribution in [3.05, 3.63) is 0 Å². The molecule has 0 bridgehead atoms. The van der Waals surface area contributed by atoms with Crippen LogP contribution in [-0.4, -0.2) is 53.6 Å². The van der Waals surface area contributed by atoms with Crippen molar-refractivity contribution in [3.8, 4) is 0 Å². The lowest BCUT2D eigenvalue weighted by Gasteiger charge is -2.43. The zero-order valence-corrected chi connectivity index (χ0v) is 13.2. The first kappa shape index (κ1) is 15.3. The van der Waals surface area contributed by atoms with Gasteiger partial charge in [-0.25, -0.2) is 0 Å². The monoisotopic (exact) mass is 267 g/mol. The second kappa shape index (κ2) is 6.11. The van der Waals surface area contributed by atoms with Gasteiger partial charge in [-0.15, -0.1) is 0 Å². The van der Waals surface area contributed by atoms with Crippen LogP contribution in [0.2, 0.25) is 0 Å². The lowest BCUT2D eigenvalue weighted by molar-refractivity contribution is 0.0575. The molecule has 2 aliphatic rings. The molecule has 0 aromatic heterocycles. The third-order valence-electron chi connectivity index (χ3n) is 5.10. The van der Waals surface area contributed by atoms with E-state index in [0.717, 1.165) is 0 Å². The average molecular weight is 267 g/mol. The molecule has 3 heteroatoms.